The van der Waals surface area contributed by atoms with E-state index in [4.69, 9.17) is 14.5 Å². The van der Waals surface area contributed by atoms with Crippen molar-refractivity contribution in [2.75, 3.05) is 13.3 Å². The van der Waals surface area contributed by atoms with Crippen LogP contribution in [0.3, 0.4) is 0 Å². The van der Waals surface area contributed by atoms with E-state index in [0.29, 0.717) is 0 Å². The number of aliphatic hydroxyl groups is 2. The molecule has 192 valence electrons. The molecule has 34 heavy (non-hydrogen) atoms. The van der Waals surface area contributed by atoms with E-state index in [9.17, 15) is 42.9 Å². The quantitative estimate of drug-likeness (QED) is 0.133. The maximum Gasteiger partial charge on any atom is 0.490 e. The second kappa shape index (κ2) is 9.88. The van der Waals surface area contributed by atoms with Crippen LogP contribution in [0, 0.1) is 11.8 Å². The molecule has 0 radical (unpaired) electrons. The highest BCUT2D eigenvalue weighted by Gasteiger charge is 2.65. The average molecular weight is 552 g/mol. The van der Waals surface area contributed by atoms with Crippen molar-refractivity contribution < 1.29 is 70.5 Å². The Hall–Kier alpha value is -1.47. The number of phosphoric acid groups is 3. The van der Waals surface area contributed by atoms with Gasteiger partial charge in [-0.2, -0.15) is 8.62 Å². The Balaban J connectivity index is 2.33. The maximum atomic E-state index is 14.1. The molecule has 0 spiro atoms. The van der Waals surface area contributed by atoms with Gasteiger partial charge in [-0.25, -0.2) is 18.1 Å². The third-order valence-corrected chi connectivity index (χ3v) is 8.08. The Morgan fingerprint density at radius 2 is 1.88 bits per heavy atom. The third kappa shape index (κ3) is 6.39. The number of hydrogen-bond donors (Lipinski definition) is 7. The zero-order valence-corrected chi connectivity index (χ0v) is 19.7. The Morgan fingerprint density at radius 1 is 1.26 bits per heavy atom. The fourth-order valence-electron chi connectivity index (χ4n) is 2.97. The average Bonchev–Trinajstić information content (AvgIpc) is 2.86. The van der Waals surface area contributed by atoms with Gasteiger partial charge in [-0.15, -0.1) is 5.92 Å². The summed E-state index contributed by atoms with van der Waals surface area (Å²) in [6, 6.07) is 0. The van der Waals surface area contributed by atoms with Crippen molar-refractivity contribution >= 4 is 29.4 Å². The predicted molar refractivity (Wildman–Crippen MR) is 106 cm³/mol. The number of halogens is 1. The molecule has 1 saturated heterocycles. The largest absolute Gasteiger partial charge is 0.490 e. The van der Waals surface area contributed by atoms with Crippen LogP contribution >= 0.6 is 23.5 Å². The van der Waals surface area contributed by atoms with Crippen molar-refractivity contribution in [1.29, 1.82) is 0 Å². The van der Waals surface area contributed by atoms with Gasteiger partial charge in [-0.3, -0.25) is 9.32 Å². The van der Waals surface area contributed by atoms with Crippen LogP contribution in [0.1, 0.15) is 6.92 Å². The molecule has 7 N–H and O–H groups in total. The number of phosphoric ester groups is 1. The Labute approximate surface area is 191 Å². The van der Waals surface area contributed by atoms with Crippen molar-refractivity contribution in [3.8, 4) is 11.8 Å². The van der Waals surface area contributed by atoms with Gasteiger partial charge >= 0.3 is 23.5 Å². The number of aliphatic hydroxyl groups excluding tert-OH is 1. The molecule has 0 aliphatic carbocycles. The van der Waals surface area contributed by atoms with Crippen molar-refractivity contribution in [1.82, 2.24) is 10.2 Å². The molecule has 0 aromatic carbocycles. The molecule has 2 aliphatic rings. The van der Waals surface area contributed by atoms with Crippen LogP contribution in [-0.4, -0.2) is 77.4 Å². The number of rotatable bonds is 9. The monoisotopic (exact) mass is 552 g/mol. The first-order chi connectivity index (χ1) is 15.4. The summed E-state index contributed by atoms with van der Waals surface area (Å²) in [5.41, 5.74) is -5.25. The first-order valence-corrected chi connectivity index (χ1v) is 13.3. The number of nitrogens with zero attached hydrogens (tertiary/aromatic N) is 1. The molecule has 2 heterocycles. The van der Waals surface area contributed by atoms with Crippen LogP contribution < -0.4 is 5.32 Å². The number of amides is 1. The van der Waals surface area contributed by atoms with E-state index in [-0.39, 0.29) is 5.82 Å². The van der Waals surface area contributed by atoms with Crippen molar-refractivity contribution in [3.63, 3.8) is 0 Å². The Morgan fingerprint density at radius 3 is 2.38 bits per heavy atom. The van der Waals surface area contributed by atoms with Crippen molar-refractivity contribution in [3.05, 3.63) is 24.7 Å². The second-order valence-electron chi connectivity index (χ2n) is 6.79. The first kappa shape index (κ1) is 28.8. The normalized spacial score (nSPS) is 33.0. The van der Waals surface area contributed by atoms with Gasteiger partial charge in [-0.05, 0) is 6.92 Å². The molecule has 0 aromatic heterocycles. The highest BCUT2D eigenvalue weighted by atomic mass is 31.3. The van der Waals surface area contributed by atoms with Crippen LogP contribution in [-0.2, 0) is 36.4 Å². The van der Waals surface area contributed by atoms with Crippen LogP contribution in [0.15, 0.2) is 24.7 Å². The molecular weight excluding hydrogens is 532 g/mol. The van der Waals surface area contributed by atoms with Gasteiger partial charge in [0.15, 0.2) is 17.4 Å². The number of ether oxygens (including phenoxy) is 1. The molecule has 1 fully saturated rings. The SMILES string of the molecule is C=C1NC(=O)C=CN1[C@@H]1O[C@](CF)(COP(=O)(O)OP(=O)(O)OP(=O)(O)O)[C@@H](O)[C@]1(O)C#CC. The minimum atomic E-state index is -5.87. The van der Waals surface area contributed by atoms with Gasteiger partial charge in [0, 0.05) is 12.3 Å². The van der Waals surface area contributed by atoms with Gasteiger partial charge in [0.1, 0.15) is 18.6 Å². The minimum Gasteiger partial charge on any atom is -0.386 e. The zero-order chi connectivity index (χ0) is 26.2. The number of alkyl halides is 1. The minimum absolute atomic E-state index is 0.177. The summed E-state index contributed by atoms with van der Waals surface area (Å²) in [4.78, 5) is 48.4. The van der Waals surface area contributed by atoms with Crippen LogP contribution in [0.5, 0.6) is 0 Å². The summed E-state index contributed by atoms with van der Waals surface area (Å²) in [6.07, 6.45) is -2.02. The maximum absolute atomic E-state index is 14.1. The number of nitrogens with one attached hydrogen (secondary N) is 1. The van der Waals surface area contributed by atoms with Crippen LogP contribution in [0.2, 0.25) is 0 Å². The van der Waals surface area contributed by atoms with E-state index >= 15 is 0 Å². The summed E-state index contributed by atoms with van der Waals surface area (Å²) in [7, 11) is -17.2. The highest BCUT2D eigenvalue weighted by molar-refractivity contribution is 7.66. The number of hydrogen-bond acceptors (Lipinski definition) is 11. The van der Waals surface area contributed by atoms with Gasteiger partial charge in [-0.1, -0.05) is 12.5 Å². The van der Waals surface area contributed by atoms with Gasteiger partial charge in [0.05, 0.1) is 6.61 Å². The molecule has 2 aliphatic heterocycles. The summed E-state index contributed by atoms with van der Waals surface area (Å²) >= 11 is 0. The van der Waals surface area contributed by atoms with E-state index in [1.165, 1.54) is 6.92 Å². The highest BCUT2D eigenvalue weighted by Crippen LogP contribution is 2.66. The Bertz CT molecular complexity index is 1080. The smallest absolute Gasteiger partial charge is 0.386 e. The van der Waals surface area contributed by atoms with Crippen molar-refractivity contribution in [2.45, 2.75) is 30.5 Å². The number of carbonyl (C=O) groups excluding carboxylic acids is 1. The van der Waals surface area contributed by atoms with Crippen LogP contribution in [0.25, 0.3) is 0 Å². The van der Waals surface area contributed by atoms with E-state index in [0.717, 1.165) is 17.2 Å². The molecule has 0 aromatic rings. The molecule has 0 saturated carbocycles. The van der Waals surface area contributed by atoms with E-state index in [1.807, 2.05) is 0 Å². The summed E-state index contributed by atoms with van der Waals surface area (Å²) in [5, 5.41) is 24.0. The van der Waals surface area contributed by atoms with Crippen LogP contribution in [0.4, 0.5) is 4.39 Å². The standard InChI is InChI=1S/C14H20FN2O14P3/c1-3-5-14(20)11(19)13(7-15,29-12(14)17-6-4-10(18)16-9(17)2)8-28-33(24,25)31-34(26,27)30-32(21,22)23/h4,6,11-12,19-20H,2,7-8H2,1H3,(H,16,18)(H,24,25)(H,26,27)(H2,21,22,23)/t11-,12-,13-,14-/m1/s1. The topological polar surface area (TPSA) is 242 Å². The van der Waals surface area contributed by atoms with E-state index < -0.39 is 66.2 Å². The molecule has 20 heteroatoms. The predicted octanol–water partition coefficient (Wildman–Crippen LogP) is -1.07. The fourth-order valence-corrected chi connectivity index (χ4v) is 6.04. The summed E-state index contributed by atoms with van der Waals surface area (Å²) in [5.74, 6) is 3.75. The number of carbonyl (C=O) groups is 1. The van der Waals surface area contributed by atoms with E-state index in [1.54, 1.807) is 0 Å². The fraction of sp³-hybridized carbons (Fsp3) is 0.500. The molecule has 2 rings (SSSR count). The zero-order valence-electron chi connectivity index (χ0n) is 17.0. The molecule has 2 unspecified atom stereocenters. The lowest BCUT2D eigenvalue weighted by atomic mass is 9.87. The summed E-state index contributed by atoms with van der Waals surface area (Å²) in [6.45, 7) is 1.67. The lowest BCUT2D eigenvalue weighted by Gasteiger charge is -2.36. The van der Waals surface area contributed by atoms with Gasteiger partial charge in [0.2, 0.25) is 0 Å². The lowest BCUT2D eigenvalue weighted by molar-refractivity contribution is -0.145. The summed E-state index contributed by atoms with van der Waals surface area (Å²) < 4.78 is 65.2. The van der Waals surface area contributed by atoms with Gasteiger partial charge < -0.3 is 44.7 Å². The van der Waals surface area contributed by atoms with Gasteiger partial charge in [0.25, 0.3) is 5.91 Å². The lowest BCUT2D eigenvalue weighted by Crippen LogP contribution is -2.56. The van der Waals surface area contributed by atoms with E-state index in [2.05, 4.69) is 36.9 Å². The second-order valence-corrected chi connectivity index (χ2v) is 11.2. The third-order valence-electron chi connectivity index (χ3n) is 4.30. The Kier molecular flexibility index (Phi) is 8.36. The molecule has 16 nitrogen and oxygen atoms in total. The molecule has 6 atom stereocenters. The van der Waals surface area contributed by atoms with Crippen molar-refractivity contribution in [2.24, 2.45) is 0 Å². The molecule has 1 amide bonds. The molecular formula is C14H20FN2O14P3. The first-order valence-electron chi connectivity index (χ1n) is 8.73. The molecule has 0 bridgehead atoms.